The van der Waals surface area contributed by atoms with Gasteiger partial charge in [0.1, 0.15) is 0 Å². The lowest BCUT2D eigenvalue weighted by atomic mass is 9.90. The minimum Gasteiger partial charge on any atom is -0.481 e. The standard InChI is InChI=1S/C20H18N2O2/c23-20(24)12-19(18-4-2-10-22-14-18)11-15-5-7-16(8-6-15)17-3-1-9-21-13-17/h1-10,13-14,19H,11-12H2,(H,23,24). The van der Waals surface area contributed by atoms with Crippen molar-refractivity contribution in [1.82, 2.24) is 9.97 Å². The Kier molecular flexibility index (Phi) is 4.96. The predicted octanol–water partition coefficient (Wildman–Crippen LogP) is 3.94. The minimum atomic E-state index is -0.796. The number of carboxylic acid groups (broad SMARTS) is 1. The van der Waals surface area contributed by atoms with Crippen molar-refractivity contribution in [2.75, 3.05) is 0 Å². The van der Waals surface area contributed by atoms with Gasteiger partial charge in [-0.1, -0.05) is 36.4 Å². The summed E-state index contributed by atoms with van der Waals surface area (Å²) >= 11 is 0. The summed E-state index contributed by atoms with van der Waals surface area (Å²) in [4.78, 5) is 19.4. The van der Waals surface area contributed by atoms with Gasteiger partial charge < -0.3 is 5.11 Å². The highest BCUT2D eigenvalue weighted by Crippen LogP contribution is 2.25. The fourth-order valence-electron chi connectivity index (χ4n) is 2.79. The number of nitrogens with zero attached hydrogens (tertiary/aromatic N) is 2. The maximum atomic E-state index is 11.2. The monoisotopic (exact) mass is 318 g/mol. The van der Waals surface area contributed by atoms with Crippen molar-refractivity contribution in [3.63, 3.8) is 0 Å². The van der Waals surface area contributed by atoms with Crippen LogP contribution in [0.3, 0.4) is 0 Å². The van der Waals surface area contributed by atoms with E-state index in [0.717, 1.165) is 22.3 Å². The van der Waals surface area contributed by atoms with E-state index < -0.39 is 5.97 Å². The van der Waals surface area contributed by atoms with E-state index in [1.807, 2.05) is 54.7 Å². The van der Waals surface area contributed by atoms with Gasteiger partial charge in [-0.25, -0.2) is 0 Å². The van der Waals surface area contributed by atoms with E-state index in [1.165, 1.54) is 0 Å². The zero-order valence-corrected chi connectivity index (χ0v) is 13.2. The molecule has 0 saturated carbocycles. The molecule has 2 aromatic heterocycles. The fourth-order valence-corrected chi connectivity index (χ4v) is 2.79. The van der Waals surface area contributed by atoms with Gasteiger partial charge >= 0.3 is 5.97 Å². The van der Waals surface area contributed by atoms with Gasteiger partial charge in [0.2, 0.25) is 0 Å². The Morgan fingerprint density at radius 3 is 2.21 bits per heavy atom. The Hall–Kier alpha value is -3.01. The number of aliphatic carboxylic acids is 1. The van der Waals surface area contributed by atoms with Crippen LogP contribution in [-0.4, -0.2) is 21.0 Å². The van der Waals surface area contributed by atoms with Crippen LogP contribution in [0.4, 0.5) is 0 Å². The van der Waals surface area contributed by atoms with E-state index in [1.54, 1.807) is 18.6 Å². The average molecular weight is 318 g/mol. The summed E-state index contributed by atoms with van der Waals surface area (Å²) in [5, 5.41) is 9.19. The summed E-state index contributed by atoms with van der Waals surface area (Å²) in [5.41, 5.74) is 4.23. The van der Waals surface area contributed by atoms with Crippen LogP contribution in [-0.2, 0) is 11.2 Å². The molecule has 1 aromatic carbocycles. The second-order valence-electron chi connectivity index (χ2n) is 5.72. The number of carbonyl (C=O) groups is 1. The van der Waals surface area contributed by atoms with Crippen LogP contribution in [0.5, 0.6) is 0 Å². The van der Waals surface area contributed by atoms with Crippen molar-refractivity contribution >= 4 is 5.97 Å². The molecule has 3 aromatic rings. The van der Waals surface area contributed by atoms with Gasteiger partial charge in [0.25, 0.3) is 0 Å². The number of pyridine rings is 2. The van der Waals surface area contributed by atoms with Crippen LogP contribution in [0, 0.1) is 0 Å². The largest absolute Gasteiger partial charge is 0.481 e. The summed E-state index contributed by atoms with van der Waals surface area (Å²) < 4.78 is 0. The molecule has 0 amide bonds. The van der Waals surface area contributed by atoms with Crippen LogP contribution in [0.15, 0.2) is 73.3 Å². The molecule has 1 unspecified atom stereocenters. The molecule has 0 radical (unpaired) electrons. The smallest absolute Gasteiger partial charge is 0.303 e. The van der Waals surface area contributed by atoms with Crippen molar-refractivity contribution in [2.24, 2.45) is 0 Å². The third-order valence-electron chi connectivity index (χ3n) is 4.01. The molecular weight excluding hydrogens is 300 g/mol. The zero-order valence-electron chi connectivity index (χ0n) is 13.2. The quantitative estimate of drug-likeness (QED) is 0.747. The van der Waals surface area contributed by atoms with E-state index in [-0.39, 0.29) is 12.3 Å². The topological polar surface area (TPSA) is 63.1 Å². The van der Waals surface area contributed by atoms with E-state index in [2.05, 4.69) is 9.97 Å². The maximum absolute atomic E-state index is 11.2. The highest BCUT2D eigenvalue weighted by atomic mass is 16.4. The van der Waals surface area contributed by atoms with Gasteiger partial charge in [-0.3, -0.25) is 14.8 Å². The summed E-state index contributed by atoms with van der Waals surface area (Å²) in [5.74, 6) is -0.878. The van der Waals surface area contributed by atoms with Gasteiger partial charge in [-0.2, -0.15) is 0 Å². The molecule has 0 bridgehead atoms. The highest BCUT2D eigenvalue weighted by Gasteiger charge is 2.16. The van der Waals surface area contributed by atoms with Gasteiger partial charge in [-0.05, 0) is 46.7 Å². The maximum Gasteiger partial charge on any atom is 0.303 e. The summed E-state index contributed by atoms with van der Waals surface area (Å²) in [6, 6.07) is 15.9. The molecule has 2 heterocycles. The Labute approximate surface area is 140 Å². The number of hydrogen-bond acceptors (Lipinski definition) is 3. The molecule has 120 valence electrons. The second-order valence-corrected chi connectivity index (χ2v) is 5.72. The Balaban J connectivity index is 1.79. The van der Waals surface area contributed by atoms with E-state index >= 15 is 0 Å². The first-order chi connectivity index (χ1) is 11.7. The zero-order chi connectivity index (χ0) is 16.8. The third-order valence-corrected chi connectivity index (χ3v) is 4.01. The molecular formula is C20H18N2O2. The molecule has 1 atom stereocenters. The predicted molar refractivity (Wildman–Crippen MR) is 92.6 cm³/mol. The Morgan fingerprint density at radius 2 is 1.62 bits per heavy atom. The van der Waals surface area contributed by atoms with Crippen molar-refractivity contribution in [2.45, 2.75) is 18.8 Å². The van der Waals surface area contributed by atoms with Crippen molar-refractivity contribution < 1.29 is 9.90 Å². The van der Waals surface area contributed by atoms with Crippen LogP contribution in [0.25, 0.3) is 11.1 Å². The van der Waals surface area contributed by atoms with Crippen molar-refractivity contribution in [1.29, 1.82) is 0 Å². The van der Waals surface area contributed by atoms with Crippen LogP contribution in [0.2, 0.25) is 0 Å². The number of carboxylic acids is 1. The fraction of sp³-hybridized carbons (Fsp3) is 0.150. The number of rotatable bonds is 6. The Morgan fingerprint density at radius 1 is 0.917 bits per heavy atom. The third kappa shape index (κ3) is 4.04. The van der Waals surface area contributed by atoms with Gasteiger partial charge in [0.15, 0.2) is 0 Å². The molecule has 0 aliphatic heterocycles. The molecule has 0 aliphatic carbocycles. The lowest BCUT2D eigenvalue weighted by Gasteiger charge is -2.15. The van der Waals surface area contributed by atoms with Crippen LogP contribution in [0.1, 0.15) is 23.5 Å². The minimum absolute atomic E-state index is 0.0829. The molecule has 0 saturated heterocycles. The molecule has 1 N–H and O–H groups in total. The Bertz CT molecular complexity index is 787. The van der Waals surface area contributed by atoms with E-state index in [0.29, 0.717) is 6.42 Å². The first kappa shape index (κ1) is 15.9. The first-order valence-corrected chi connectivity index (χ1v) is 7.83. The number of benzene rings is 1. The highest BCUT2D eigenvalue weighted by molar-refractivity contribution is 5.68. The molecule has 0 spiro atoms. The molecule has 0 aliphatic rings. The average Bonchev–Trinajstić information content (AvgIpc) is 2.63. The molecule has 0 fully saturated rings. The molecule has 3 rings (SSSR count). The molecule has 24 heavy (non-hydrogen) atoms. The summed E-state index contributed by atoms with van der Waals surface area (Å²) in [6.07, 6.45) is 7.79. The van der Waals surface area contributed by atoms with E-state index in [9.17, 15) is 9.90 Å². The van der Waals surface area contributed by atoms with Crippen molar-refractivity contribution in [3.8, 4) is 11.1 Å². The SMILES string of the molecule is O=C(O)CC(Cc1ccc(-c2cccnc2)cc1)c1cccnc1. The van der Waals surface area contributed by atoms with Gasteiger partial charge in [0, 0.05) is 24.8 Å². The lowest BCUT2D eigenvalue weighted by Crippen LogP contribution is -2.09. The summed E-state index contributed by atoms with van der Waals surface area (Å²) in [7, 11) is 0. The van der Waals surface area contributed by atoms with Crippen molar-refractivity contribution in [3.05, 3.63) is 84.4 Å². The first-order valence-electron chi connectivity index (χ1n) is 7.83. The van der Waals surface area contributed by atoms with Crippen LogP contribution < -0.4 is 0 Å². The normalized spacial score (nSPS) is 11.8. The molecule has 4 nitrogen and oxygen atoms in total. The number of hydrogen-bond donors (Lipinski definition) is 1. The van der Waals surface area contributed by atoms with Gasteiger partial charge in [-0.15, -0.1) is 0 Å². The summed E-state index contributed by atoms with van der Waals surface area (Å²) in [6.45, 7) is 0. The number of aromatic nitrogens is 2. The van der Waals surface area contributed by atoms with E-state index in [4.69, 9.17) is 0 Å². The van der Waals surface area contributed by atoms with Crippen LogP contribution >= 0.6 is 0 Å². The second kappa shape index (κ2) is 7.51. The molecule has 4 heteroatoms. The van der Waals surface area contributed by atoms with Gasteiger partial charge in [0.05, 0.1) is 6.42 Å². The lowest BCUT2D eigenvalue weighted by molar-refractivity contribution is -0.137.